The molecule has 3 aromatic rings. The van der Waals surface area contributed by atoms with Crippen molar-refractivity contribution in [2.45, 2.75) is 26.9 Å². The van der Waals surface area contributed by atoms with Gasteiger partial charge in [0.05, 0.1) is 19.7 Å². The lowest BCUT2D eigenvalue weighted by molar-refractivity contribution is 0.537. The van der Waals surface area contributed by atoms with Gasteiger partial charge in [0.25, 0.3) is 0 Å². The standard InChI is InChI=1S/C16H18BrN3S/c1-10(2)9-20-13-4-3-11(8-18)7-12(13)19-16(20)14-5-6-15(17)21-14/h3-7,10H,8-9,18H2,1-2H3. The SMILES string of the molecule is CC(C)Cn1c(-c2ccc(Br)s2)nc2cc(CN)ccc21. The fraction of sp³-hybridized carbons (Fsp3) is 0.312. The number of aromatic nitrogens is 2. The molecule has 0 atom stereocenters. The van der Waals surface area contributed by atoms with E-state index in [1.54, 1.807) is 11.3 Å². The van der Waals surface area contributed by atoms with Crippen molar-refractivity contribution in [3.8, 4) is 10.7 Å². The monoisotopic (exact) mass is 363 g/mol. The average molecular weight is 364 g/mol. The average Bonchev–Trinajstić information content (AvgIpc) is 3.02. The van der Waals surface area contributed by atoms with Gasteiger partial charge in [0, 0.05) is 13.1 Å². The normalized spacial score (nSPS) is 11.7. The molecule has 0 amide bonds. The smallest absolute Gasteiger partial charge is 0.151 e. The Hall–Kier alpha value is -1.17. The molecular formula is C16H18BrN3S. The summed E-state index contributed by atoms with van der Waals surface area (Å²) in [7, 11) is 0. The minimum absolute atomic E-state index is 0.548. The summed E-state index contributed by atoms with van der Waals surface area (Å²) < 4.78 is 3.45. The highest BCUT2D eigenvalue weighted by atomic mass is 79.9. The Bertz CT molecular complexity index is 773. The zero-order valence-electron chi connectivity index (χ0n) is 12.1. The lowest BCUT2D eigenvalue weighted by Crippen LogP contribution is -2.05. The largest absolute Gasteiger partial charge is 0.326 e. The number of rotatable bonds is 4. The van der Waals surface area contributed by atoms with E-state index in [-0.39, 0.29) is 0 Å². The predicted molar refractivity (Wildman–Crippen MR) is 93.5 cm³/mol. The van der Waals surface area contributed by atoms with Crippen molar-refractivity contribution in [3.63, 3.8) is 0 Å². The first-order valence-corrected chi connectivity index (χ1v) is 8.64. The van der Waals surface area contributed by atoms with Gasteiger partial charge < -0.3 is 10.3 Å². The summed E-state index contributed by atoms with van der Waals surface area (Å²) in [6.07, 6.45) is 0. The highest BCUT2D eigenvalue weighted by Gasteiger charge is 2.15. The van der Waals surface area contributed by atoms with Crippen molar-refractivity contribution in [2.24, 2.45) is 11.7 Å². The van der Waals surface area contributed by atoms with Gasteiger partial charge >= 0.3 is 0 Å². The first-order valence-electron chi connectivity index (χ1n) is 7.03. The lowest BCUT2D eigenvalue weighted by atomic mass is 10.2. The summed E-state index contributed by atoms with van der Waals surface area (Å²) >= 11 is 5.25. The van der Waals surface area contributed by atoms with Crippen LogP contribution >= 0.6 is 27.3 Å². The van der Waals surface area contributed by atoms with E-state index in [0.29, 0.717) is 12.5 Å². The Labute approximate surface area is 136 Å². The molecule has 2 aromatic heterocycles. The van der Waals surface area contributed by atoms with Gasteiger partial charge in [0.1, 0.15) is 0 Å². The summed E-state index contributed by atoms with van der Waals surface area (Å²) in [4.78, 5) is 6.04. The maximum atomic E-state index is 5.74. The molecular weight excluding hydrogens is 346 g/mol. The molecule has 110 valence electrons. The molecule has 0 radical (unpaired) electrons. The van der Waals surface area contributed by atoms with Gasteiger partial charge in [0.15, 0.2) is 5.82 Å². The number of nitrogens with two attached hydrogens (primary N) is 1. The predicted octanol–water partition coefficient (Wildman–Crippen LogP) is 4.64. The molecule has 2 heterocycles. The first-order chi connectivity index (χ1) is 10.1. The number of halogens is 1. The molecule has 0 spiro atoms. The van der Waals surface area contributed by atoms with Gasteiger partial charge in [-0.1, -0.05) is 19.9 Å². The Morgan fingerprint density at radius 3 is 2.71 bits per heavy atom. The van der Waals surface area contributed by atoms with Gasteiger partial charge in [-0.2, -0.15) is 0 Å². The lowest BCUT2D eigenvalue weighted by Gasteiger charge is -2.11. The van der Waals surface area contributed by atoms with Crippen molar-refractivity contribution >= 4 is 38.3 Å². The van der Waals surface area contributed by atoms with Crippen LogP contribution < -0.4 is 5.73 Å². The maximum Gasteiger partial charge on any atom is 0.151 e. The zero-order valence-corrected chi connectivity index (χ0v) is 14.5. The number of imidazole rings is 1. The van der Waals surface area contributed by atoms with Crippen LogP contribution in [0.1, 0.15) is 19.4 Å². The van der Waals surface area contributed by atoms with E-state index in [2.05, 4.69) is 64.7 Å². The topological polar surface area (TPSA) is 43.8 Å². The third-order valence-corrected chi connectivity index (χ3v) is 5.01. The first kappa shape index (κ1) is 14.8. The van der Waals surface area contributed by atoms with E-state index in [1.807, 2.05) is 0 Å². The summed E-state index contributed by atoms with van der Waals surface area (Å²) in [6, 6.07) is 10.5. The summed E-state index contributed by atoms with van der Waals surface area (Å²) in [5.41, 5.74) is 9.07. The molecule has 0 saturated heterocycles. The number of fused-ring (bicyclic) bond motifs is 1. The second kappa shape index (κ2) is 5.91. The van der Waals surface area contributed by atoms with Crippen molar-refractivity contribution in [2.75, 3.05) is 0 Å². The number of benzene rings is 1. The van der Waals surface area contributed by atoms with E-state index in [0.717, 1.165) is 27.2 Å². The van der Waals surface area contributed by atoms with Crippen molar-refractivity contribution in [1.82, 2.24) is 9.55 Å². The molecule has 0 unspecified atom stereocenters. The fourth-order valence-corrected chi connectivity index (χ4v) is 3.86. The van der Waals surface area contributed by atoms with E-state index < -0.39 is 0 Å². The molecule has 0 aliphatic rings. The molecule has 2 N–H and O–H groups in total. The summed E-state index contributed by atoms with van der Waals surface area (Å²) in [6.45, 7) is 5.97. The zero-order chi connectivity index (χ0) is 15.0. The van der Waals surface area contributed by atoms with Crippen LogP contribution in [0.3, 0.4) is 0 Å². The van der Waals surface area contributed by atoms with Crippen LogP contribution in [0.2, 0.25) is 0 Å². The number of hydrogen-bond acceptors (Lipinski definition) is 3. The van der Waals surface area contributed by atoms with Crippen LogP contribution in [-0.4, -0.2) is 9.55 Å². The van der Waals surface area contributed by atoms with Crippen LogP contribution in [0.5, 0.6) is 0 Å². The van der Waals surface area contributed by atoms with Gasteiger partial charge in [-0.3, -0.25) is 0 Å². The molecule has 1 aromatic carbocycles. The van der Waals surface area contributed by atoms with Crippen LogP contribution in [0.4, 0.5) is 0 Å². The van der Waals surface area contributed by atoms with Crippen LogP contribution in [0, 0.1) is 5.92 Å². The van der Waals surface area contributed by atoms with Crippen LogP contribution in [0.15, 0.2) is 34.1 Å². The maximum absolute atomic E-state index is 5.74. The molecule has 5 heteroatoms. The van der Waals surface area contributed by atoms with Gasteiger partial charge in [-0.25, -0.2) is 4.98 Å². The Kier molecular flexibility index (Phi) is 4.15. The van der Waals surface area contributed by atoms with E-state index >= 15 is 0 Å². The Balaban J connectivity index is 2.21. The molecule has 3 nitrogen and oxygen atoms in total. The van der Waals surface area contributed by atoms with Gasteiger partial charge in [0.2, 0.25) is 0 Å². The van der Waals surface area contributed by atoms with Gasteiger partial charge in [-0.15, -0.1) is 11.3 Å². The number of hydrogen-bond donors (Lipinski definition) is 1. The highest BCUT2D eigenvalue weighted by Crippen LogP contribution is 2.33. The molecule has 3 rings (SSSR count). The summed E-state index contributed by atoms with van der Waals surface area (Å²) in [5, 5.41) is 0. The van der Waals surface area contributed by atoms with Crippen LogP contribution in [0.25, 0.3) is 21.7 Å². The minimum atomic E-state index is 0.548. The molecule has 0 aliphatic carbocycles. The minimum Gasteiger partial charge on any atom is -0.326 e. The van der Waals surface area contributed by atoms with Crippen LogP contribution in [-0.2, 0) is 13.1 Å². The molecule has 0 bridgehead atoms. The summed E-state index contributed by atoms with van der Waals surface area (Å²) in [5.74, 6) is 1.61. The van der Waals surface area contributed by atoms with E-state index in [4.69, 9.17) is 10.7 Å². The van der Waals surface area contributed by atoms with Crippen molar-refractivity contribution < 1.29 is 0 Å². The number of nitrogens with zero attached hydrogens (tertiary/aromatic N) is 2. The molecule has 21 heavy (non-hydrogen) atoms. The third kappa shape index (κ3) is 2.91. The van der Waals surface area contributed by atoms with Crippen molar-refractivity contribution in [3.05, 3.63) is 39.7 Å². The van der Waals surface area contributed by atoms with Crippen molar-refractivity contribution in [1.29, 1.82) is 0 Å². The molecule has 0 fully saturated rings. The Morgan fingerprint density at radius 1 is 1.29 bits per heavy atom. The molecule has 0 saturated carbocycles. The second-order valence-corrected chi connectivity index (χ2v) is 8.03. The number of thiophene rings is 1. The second-order valence-electron chi connectivity index (χ2n) is 5.57. The quantitative estimate of drug-likeness (QED) is 0.733. The highest BCUT2D eigenvalue weighted by molar-refractivity contribution is 9.11. The van der Waals surface area contributed by atoms with E-state index in [9.17, 15) is 0 Å². The van der Waals surface area contributed by atoms with Gasteiger partial charge in [-0.05, 0) is 51.7 Å². The molecule has 0 aliphatic heterocycles. The Morgan fingerprint density at radius 2 is 2.10 bits per heavy atom. The fourth-order valence-electron chi connectivity index (χ4n) is 2.47. The van der Waals surface area contributed by atoms with E-state index in [1.165, 1.54) is 10.4 Å². The third-order valence-electron chi connectivity index (χ3n) is 3.39.